The lowest BCUT2D eigenvalue weighted by molar-refractivity contribution is -0.133. The van der Waals surface area contributed by atoms with Crippen LogP contribution in [0.25, 0.3) is 0 Å². The van der Waals surface area contributed by atoms with Crippen LogP contribution >= 0.6 is 11.6 Å². The van der Waals surface area contributed by atoms with Gasteiger partial charge in [-0.25, -0.2) is 0 Å². The highest BCUT2D eigenvalue weighted by atomic mass is 35.5. The van der Waals surface area contributed by atoms with Crippen molar-refractivity contribution in [3.63, 3.8) is 0 Å². The van der Waals surface area contributed by atoms with Crippen LogP contribution < -0.4 is 0 Å². The van der Waals surface area contributed by atoms with Crippen LogP contribution in [0.15, 0.2) is 12.4 Å². The van der Waals surface area contributed by atoms with Gasteiger partial charge in [-0.15, -0.1) is 0 Å². The summed E-state index contributed by atoms with van der Waals surface area (Å²) in [6, 6.07) is 0.149. The average molecular weight is 299 g/mol. The molecule has 1 amide bonds. The molecule has 2 saturated heterocycles. The third-order valence-corrected chi connectivity index (χ3v) is 4.26. The molecule has 2 aliphatic heterocycles. The van der Waals surface area contributed by atoms with E-state index in [2.05, 4.69) is 10.00 Å². The highest BCUT2D eigenvalue weighted by Gasteiger charge is 2.36. The lowest BCUT2D eigenvalue weighted by atomic mass is 10.1. The minimum atomic E-state index is -0.0475. The van der Waals surface area contributed by atoms with Crippen molar-refractivity contribution in [3.05, 3.63) is 17.4 Å². The first kappa shape index (κ1) is 13.9. The van der Waals surface area contributed by atoms with Crippen LogP contribution in [0.1, 0.15) is 0 Å². The Kier molecular flexibility index (Phi) is 3.96. The largest absolute Gasteiger partial charge is 0.378 e. The van der Waals surface area contributed by atoms with Crippen molar-refractivity contribution in [1.82, 2.24) is 19.6 Å². The molecule has 0 saturated carbocycles. The second kappa shape index (κ2) is 5.71. The quantitative estimate of drug-likeness (QED) is 0.807. The van der Waals surface area contributed by atoms with Crippen molar-refractivity contribution < 1.29 is 9.53 Å². The summed E-state index contributed by atoms with van der Waals surface area (Å²) < 4.78 is 7.43. The molecule has 2 aliphatic rings. The van der Waals surface area contributed by atoms with E-state index in [0.29, 0.717) is 18.2 Å². The third kappa shape index (κ3) is 2.82. The van der Waals surface area contributed by atoms with Crippen molar-refractivity contribution >= 4 is 17.5 Å². The zero-order valence-electron chi connectivity index (χ0n) is 11.5. The SMILES string of the molecule is CN1C(=O)[C@H]2COC[C@@H]1CN(CCn1cc(Cl)cn1)C2. The van der Waals surface area contributed by atoms with E-state index in [9.17, 15) is 4.79 Å². The predicted molar refractivity (Wildman–Crippen MR) is 74.5 cm³/mol. The van der Waals surface area contributed by atoms with Gasteiger partial charge in [0.15, 0.2) is 0 Å². The number of nitrogens with zero attached hydrogens (tertiary/aromatic N) is 4. The number of ether oxygens (including phenoxy) is 1. The van der Waals surface area contributed by atoms with Crippen LogP contribution in [0.4, 0.5) is 0 Å². The summed E-state index contributed by atoms with van der Waals surface area (Å²) in [5, 5.41) is 4.84. The maximum absolute atomic E-state index is 12.2. The predicted octanol–water partition coefficient (Wildman–Crippen LogP) is 0.325. The van der Waals surface area contributed by atoms with E-state index in [1.54, 1.807) is 6.20 Å². The number of amides is 1. The second-order valence-corrected chi connectivity index (χ2v) is 5.95. The number of carbonyl (C=O) groups is 1. The Morgan fingerprint density at radius 2 is 2.25 bits per heavy atom. The molecule has 2 atom stereocenters. The fraction of sp³-hybridized carbons (Fsp3) is 0.692. The lowest BCUT2D eigenvalue weighted by Crippen LogP contribution is -2.43. The van der Waals surface area contributed by atoms with Crippen LogP contribution in [0.5, 0.6) is 0 Å². The van der Waals surface area contributed by atoms with E-state index in [1.807, 2.05) is 22.8 Å². The van der Waals surface area contributed by atoms with Crippen LogP contribution in [-0.2, 0) is 16.1 Å². The first-order valence-corrected chi connectivity index (χ1v) is 7.26. The molecule has 0 unspecified atom stereocenters. The molecule has 1 aromatic rings. The van der Waals surface area contributed by atoms with Crippen LogP contribution in [0, 0.1) is 5.92 Å². The van der Waals surface area contributed by atoms with E-state index in [-0.39, 0.29) is 17.9 Å². The fourth-order valence-electron chi connectivity index (χ4n) is 2.87. The monoisotopic (exact) mass is 298 g/mol. The van der Waals surface area contributed by atoms with E-state index in [4.69, 9.17) is 16.3 Å². The summed E-state index contributed by atoms with van der Waals surface area (Å²) in [6.45, 7) is 4.42. The van der Waals surface area contributed by atoms with E-state index in [1.165, 1.54) is 0 Å². The number of hydrogen-bond acceptors (Lipinski definition) is 4. The van der Waals surface area contributed by atoms with Gasteiger partial charge in [-0.05, 0) is 0 Å². The molecule has 0 spiro atoms. The summed E-state index contributed by atoms with van der Waals surface area (Å²) in [7, 11) is 1.88. The first-order valence-electron chi connectivity index (χ1n) is 6.88. The Morgan fingerprint density at radius 3 is 3.00 bits per heavy atom. The third-order valence-electron chi connectivity index (χ3n) is 4.07. The van der Waals surface area contributed by atoms with Crippen LogP contribution in [-0.4, -0.2) is 71.4 Å². The van der Waals surface area contributed by atoms with Gasteiger partial charge in [-0.3, -0.25) is 14.4 Å². The standard InChI is InChI=1S/C13H19ClN4O2/c1-16-12-7-17(2-3-18-6-11(14)4-15-18)5-10(13(16)19)8-20-9-12/h4,6,10,12H,2-3,5,7-9H2,1H3/t10-,12+/m1/s1. The van der Waals surface area contributed by atoms with Crippen molar-refractivity contribution in [2.75, 3.05) is 39.9 Å². The molecule has 1 aromatic heterocycles. The second-order valence-electron chi connectivity index (χ2n) is 5.52. The van der Waals surface area contributed by atoms with Gasteiger partial charge in [-0.2, -0.15) is 5.10 Å². The molecule has 6 nitrogen and oxygen atoms in total. The van der Waals surface area contributed by atoms with Crippen molar-refractivity contribution in [1.29, 1.82) is 0 Å². The summed E-state index contributed by atoms with van der Waals surface area (Å²) in [5.74, 6) is 0.158. The highest BCUT2D eigenvalue weighted by Crippen LogP contribution is 2.19. The normalized spacial score (nSPS) is 27.7. The maximum Gasteiger partial charge on any atom is 0.229 e. The van der Waals surface area contributed by atoms with Gasteiger partial charge in [0.05, 0.1) is 42.9 Å². The Morgan fingerprint density at radius 1 is 1.40 bits per heavy atom. The Bertz CT molecular complexity index is 492. The molecule has 0 radical (unpaired) electrons. The number of carbonyl (C=O) groups excluding carboxylic acids is 1. The Labute approximate surface area is 123 Å². The summed E-state index contributed by atoms with van der Waals surface area (Å²) in [4.78, 5) is 16.4. The van der Waals surface area contributed by atoms with Gasteiger partial charge in [-0.1, -0.05) is 11.6 Å². The summed E-state index contributed by atoms with van der Waals surface area (Å²) >= 11 is 5.86. The van der Waals surface area contributed by atoms with Gasteiger partial charge < -0.3 is 9.64 Å². The summed E-state index contributed by atoms with van der Waals surface area (Å²) in [6.07, 6.45) is 3.46. The molecule has 0 aliphatic carbocycles. The Hall–Kier alpha value is -1.11. The topological polar surface area (TPSA) is 50.6 Å². The minimum Gasteiger partial charge on any atom is -0.378 e. The molecule has 20 heavy (non-hydrogen) atoms. The van der Waals surface area contributed by atoms with Gasteiger partial charge in [0, 0.05) is 32.9 Å². The molecule has 3 rings (SSSR count). The molecular weight excluding hydrogens is 280 g/mol. The molecule has 0 N–H and O–H groups in total. The number of rotatable bonds is 3. The summed E-state index contributed by atoms with van der Waals surface area (Å²) in [5.41, 5.74) is 0. The van der Waals surface area contributed by atoms with Gasteiger partial charge in [0.1, 0.15) is 0 Å². The number of aromatic nitrogens is 2. The molecule has 7 heteroatoms. The lowest BCUT2D eigenvalue weighted by Gasteiger charge is -2.29. The number of likely N-dealkylation sites (N-methyl/N-ethyl adjacent to an activating group) is 1. The zero-order chi connectivity index (χ0) is 14.1. The number of halogens is 1. The highest BCUT2D eigenvalue weighted by molar-refractivity contribution is 6.30. The van der Waals surface area contributed by atoms with Gasteiger partial charge >= 0.3 is 0 Å². The van der Waals surface area contributed by atoms with Crippen molar-refractivity contribution in [2.24, 2.45) is 5.92 Å². The molecule has 110 valence electrons. The van der Waals surface area contributed by atoms with Gasteiger partial charge in [0.25, 0.3) is 0 Å². The Balaban J connectivity index is 1.64. The smallest absolute Gasteiger partial charge is 0.229 e. The molecule has 2 bridgehead atoms. The van der Waals surface area contributed by atoms with E-state index < -0.39 is 0 Å². The van der Waals surface area contributed by atoms with Crippen molar-refractivity contribution in [2.45, 2.75) is 12.6 Å². The van der Waals surface area contributed by atoms with E-state index >= 15 is 0 Å². The number of hydrogen-bond donors (Lipinski definition) is 0. The maximum atomic E-state index is 12.2. The van der Waals surface area contributed by atoms with Crippen molar-refractivity contribution in [3.8, 4) is 0 Å². The zero-order valence-corrected chi connectivity index (χ0v) is 12.3. The fourth-order valence-corrected chi connectivity index (χ4v) is 3.03. The van der Waals surface area contributed by atoms with E-state index in [0.717, 1.165) is 26.2 Å². The molecular formula is C13H19ClN4O2. The molecule has 2 fully saturated rings. The van der Waals surface area contributed by atoms with Gasteiger partial charge in [0.2, 0.25) is 5.91 Å². The molecule has 3 heterocycles. The number of fused-ring (bicyclic) bond motifs is 3. The molecule has 0 aromatic carbocycles. The minimum absolute atomic E-state index is 0.0475. The van der Waals surface area contributed by atoms with Crippen LogP contribution in [0.3, 0.4) is 0 Å². The van der Waals surface area contributed by atoms with Crippen LogP contribution in [0.2, 0.25) is 5.02 Å². The average Bonchev–Trinajstić information content (AvgIpc) is 2.72. The first-order chi connectivity index (χ1) is 9.63.